The fourth-order valence-electron chi connectivity index (χ4n) is 5.75. The zero-order valence-corrected chi connectivity index (χ0v) is 18.1. The molecular weight excluding hydrogens is 388 g/mol. The number of benzene rings is 1. The number of fused-ring (bicyclic) bond motifs is 1. The van der Waals surface area contributed by atoms with E-state index in [-0.39, 0.29) is 5.91 Å². The van der Waals surface area contributed by atoms with Gasteiger partial charge in [-0.1, -0.05) is 25.7 Å². The van der Waals surface area contributed by atoms with Crippen LogP contribution in [0.3, 0.4) is 0 Å². The molecule has 0 radical (unpaired) electrons. The first-order chi connectivity index (χ1) is 15.2. The van der Waals surface area contributed by atoms with Gasteiger partial charge in [0.15, 0.2) is 5.65 Å². The fourth-order valence-corrected chi connectivity index (χ4v) is 5.75. The molecule has 2 saturated carbocycles. The number of pyridine rings is 1. The molecule has 6 heteroatoms. The van der Waals surface area contributed by atoms with Gasteiger partial charge >= 0.3 is 0 Å². The number of hydrogen-bond donors (Lipinski definition) is 1. The number of nitrogens with zero attached hydrogens (tertiary/aromatic N) is 3. The summed E-state index contributed by atoms with van der Waals surface area (Å²) in [5.74, 6) is 1.28. The van der Waals surface area contributed by atoms with Crippen molar-refractivity contribution in [2.24, 2.45) is 5.73 Å². The third-order valence-corrected chi connectivity index (χ3v) is 7.21. The number of hydrogen-bond acceptors (Lipinski definition) is 4. The molecule has 2 aliphatic carbocycles. The molecule has 2 aromatic heterocycles. The Balaban J connectivity index is 1.71. The molecule has 1 aromatic carbocycles. The lowest BCUT2D eigenvalue weighted by atomic mass is 9.83. The number of nitrogens with two attached hydrogens (primary N) is 1. The maximum absolute atomic E-state index is 12.6. The summed E-state index contributed by atoms with van der Waals surface area (Å²) >= 11 is 0. The van der Waals surface area contributed by atoms with E-state index in [1.807, 2.05) is 18.5 Å². The molecule has 2 aliphatic rings. The van der Waals surface area contributed by atoms with Crippen LogP contribution in [0.4, 0.5) is 0 Å². The average Bonchev–Trinajstić information content (AvgIpc) is 3.55. The first kappa shape index (κ1) is 20.0. The molecule has 2 fully saturated rings. The van der Waals surface area contributed by atoms with Gasteiger partial charge in [0.2, 0.25) is 5.91 Å². The highest BCUT2D eigenvalue weighted by atomic mass is 16.5. The number of aromatic nitrogens is 3. The molecule has 1 amide bonds. The van der Waals surface area contributed by atoms with Crippen LogP contribution < -0.4 is 10.5 Å². The minimum atomic E-state index is -0.344. The predicted octanol–water partition coefficient (Wildman–Crippen LogP) is 4.90. The van der Waals surface area contributed by atoms with Crippen LogP contribution in [0, 0.1) is 0 Å². The number of carbonyl (C=O) groups excluding carboxylic acids is 1. The van der Waals surface area contributed by atoms with E-state index in [1.54, 1.807) is 13.3 Å². The molecule has 31 heavy (non-hydrogen) atoms. The SMILES string of the molecule is COc1c(Cn2cnc3ncccc32)c(C2CCCC2)cc(C(N)=O)c1C1CCCC1. The molecule has 0 aliphatic heterocycles. The zero-order valence-electron chi connectivity index (χ0n) is 18.1. The monoisotopic (exact) mass is 418 g/mol. The van der Waals surface area contributed by atoms with Crippen molar-refractivity contribution in [1.82, 2.24) is 14.5 Å². The van der Waals surface area contributed by atoms with Crippen molar-refractivity contribution in [3.63, 3.8) is 0 Å². The minimum absolute atomic E-state index is 0.329. The molecule has 5 rings (SSSR count). The Morgan fingerprint density at radius 3 is 2.52 bits per heavy atom. The average molecular weight is 419 g/mol. The number of primary amides is 1. The lowest BCUT2D eigenvalue weighted by Gasteiger charge is -2.26. The van der Waals surface area contributed by atoms with Gasteiger partial charge in [0, 0.05) is 22.9 Å². The number of carbonyl (C=O) groups is 1. The molecule has 6 nitrogen and oxygen atoms in total. The van der Waals surface area contributed by atoms with Crippen molar-refractivity contribution in [1.29, 1.82) is 0 Å². The predicted molar refractivity (Wildman–Crippen MR) is 121 cm³/mol. The Kier molecular flexibility index (Phi) is 5.38. The first-order valence-corrected chi connectivity index (χ1v) is 11.5. The van der Waals surface area contributed by atoms with E-state index in [0.717, 1.165) is 48.2 Å². The molecule has 0 spiro atoms. The quantitative estimate of drug-likeness (QED) is 0.617. The summed E-state index contributed by atoms with van der Waals surface area (Å²) in [6.07, 6.45) is 12.9. The smallest absolute Gasteiger partial charge is 0.249 e. The molecular formula is C25H30N4O2. The van der Waals surface area contributed by atoms with Crippen LogP contribution in [-0.4, -0.2) is 27.6 Å². The maximum atomic E-state index is 12.6. The number of ether oxygens (including phenoxy) is 1. The fraction of sp³-hybridized carbons (Fsp3) is 0.480. The van der Waals surface area contributed by atoms with Gasteiger partial charge in [0.1, 0.15) is 5.75 Å². The zero-order chi connectivity index (χ0) is 21.4. The summed E-state index contributed by atoms with van der Waals surface area (Å²) in [4.78, 5) is 21.4. The summed E-state index contributed by atoms with van der Waals surface area (Å²) in [6.45, 7) is 0.649. The normalized spacial score (nSPS) is 17.6. The highest BCUT2D eigenvalue weighted by Crippen LogP contribution is 2.47. The van der Waals surface area contributed by atoms with E-state index < -0.39 is 0 Å². The molecule has 0 saturated heterocycles. The number of rotatable bonds is 6. The Bertz CT molecular complexity index is 1110. The van der Waals surface area contributed by atoms with Gasteiger partial charge in [-0.05, 0) is 61.3 Å². The van der Waals surface area contributed by atoms with Crippen LogP contribution in [0.25, 0.3) is 11.2 Å². The molecule has 162 valence electrons. The van der Waals surface area contributed by atoms with Crippen LogP contribution in [0.15, 0.2) is 30.7 Å². The lowest BCUT2D eigenvalue weighted by Crippen LogP contribution is -2.19. The van der Waals surface area contributed by atoms with Gasteiger partial charge in [0.25, 0.3) is 0 Å². The second kappa shape index (κ2) is 8.33. The minimum Gasteiger partial charge on any atom is -0.496 e. The van der Waals surface area contributed by atoms with Crippen molar-refractivity contribution >= 4 is 17.1 Å². The lowest BCUT2D eigenvalue weighted by molar-refractivity contribution is 0.0998. The van der Waals surface area contributed by atoms with Crippen molar-refractivity contribution < 1.29 is 9.53 Å². The summed E-state index contributed by atoms with van der Waals surface area (Å²) in [5, 5.41) is 0. The van der Waals surface area contributed by atoms with Gasteiger partial charge in [0.05, 0.1) is 25.5 Å². The van der Waals surface area contributed by atoms with E-state index in [9.17, 15) is 4.79 Å². The second-order valence-electron chi connectivity index (χ2n) is 8.98. The van der Waals surface area contributed by atoms with Crippen LogP contribution in [0.2, 0.25) is 0 Å². The highest BCUT2D eigenvalue weighted by Gasteiger charge is 2.32. The van der Waals surface area contributed by atoms with E-state index in [2.05, 4.69) is 20.6 Å². The van der Waals surface area contributed by atoms with Crippen LogP contribution >= 0.6 is 0 Å². The number of amides is 1. The molecule has 2 N–H and O–H groups in total. The third kappa shape index (κ3) is 3.58. The maximum Gasteiger partial charge on any atom is 0.249 e. The van der Waals surface area contributed by atoms with Gasteiger partial charge < -0.3 is 15.0 Å². The molecule has 2 heterocycles. The first-order valence-electron chi connectivity index (χ1n) is 11.5. The third-order valence-electron chi connectivity index (χ3n) is 7.21. The van der Waals surface area contributed by atoms with E-state index >= 15 is 0 Å². The number of methoxy groups -OCH3 is 1. The van der Waals surface area contributed by atoms with E-state index in [4.69, 9.17) is 10.5 Å². The number of imidazole rings is 1. The van der Waals surface area contributed by atoms with Crippen LogP contribution in [0.5, 0.6) is 5.75 Å². The summed E-state index contributed by atoms with van der Waals surface area (Å²) in [6, 6.07) is 6.09. The van der Waals surface area contributed by atoms with Crippen LogP contribution in [-0.2, 0) is 6.54 Å². The Morgan fingerprint density at radius 1 is 1.13 bits per heavy atom. The largest absolute Gasteiger partial charge is 0.496 e. The Hall–Kier alpha value is -2.89. The van der Waals surface area contributed by atoms with Crippen LogP contribution in [0.1, 0.15) is 90.3 Å². The highest BCUT2D eigenvalue weighted by molar-refractivity contribution is 5.96. The Morgan fingerprint density at radius 2 is 1.84 bits per heavy atom. The molecule has 3 aromatic rings. The van der Waals surface area contributed by atoms with Gasteiger partial charge in [-0.15, -0.1) is 0 Å². The summed E-state index contributed by atoms with van der Waals surface area (Å²) in [5.41, 5.74) is 11.7. The van der Waals surface area contributed by atoms with Gasteiger partial charge in [-0.2, -0.15) is 0 Å². The molecule has 0 atom stereocenters. The molecule has 0 bridgehead atoms. The summed E-state index contributed by atoms with van der Waals surface area (Å²) in [7, 11) is 1.73. The van der Waals surface area contributed by atoms with Crippen molar-refractivity contribution in [3.8, 4) is 5.75 Å². The standard InChI is InChI=1S/C25H30N4O2/c1-31-23-20(14-29-15-28-25-21(29)11-6-12-27-25)18(16-7-2-3-8-16)13-19(24(26)30)22(23)17-9-4-5-10-17/h6,11-13,15-17H,2-5,7-10,14H2,1H3,(H2,26,30). The van der Waals surface area contributed by atoms with E-state index in [0.29, 0.717) is 23.9 Å². The Labute approximate surface area is 182 Å². The van der Waals surface area contributed by atoms with Gasteiger partial charge in [-0.25, -0.2) is 9.97 Å². The molecule has 0 unspecified atom stereocenters. The van der Waals surface area contributed by atoms with Gasteiger partial charge in [-0.3, -0.25) is 4.79 Å². The summed E-state index contributed by atoms with van der Waals surface area (Å²) < 4.78 is 8.22. The van der Waals surface area contributed by atoms with E-state index in [1.165, 1.54) is 36.8 Å². The van der Waals surface area contributed by atoms with Crippen molar-refractivity contribution in [2.75, 3.05) is 7.11 Å². The van der Waals surface area contributed by atoms with Crippen molar-refractivity contribution in [3.05, 3.63) is 53.0 Å². The second-order valence-corrected chi connectivity index (χ2v) is 8.98. The topological polar surface area (TPSA) is 83.0 Å². The van der Waals surface area contributed by atoms with Crippen molar-refractivity contribution in [2.45, 2.75) is 69.7 Å².